The molecule has 1 aliphatic rings. The van der Waals surface area contributed by atoms with Crippen molar-refractivity contribution in [1.82, 2.24) is 9.27 Å². The van der Waals surface area contributed by atoms with Crippen molar-refractivity contribution in [1.29, 1.82) is 0 Å². The highest BCUT2D eigenvalue weighted by Gasteiger charge is 2.40. The van der Waals surface area contributed by atoms with Gasteiger partial charge in [0.05, 0.1) is 17.4 Å². The normalized spacial score (nSPS) is 23.3. The molecule has 98 valence electrons. The smallest absolute Gasteiger partial charge is 0.326 e. The van der Waals surface area contributed by atoms with E-state index in [1.54, 1.807) is 12.3 Å². The molecule has 2 heterocycles. The van der Waals surface area contributed by atoms with Crippen LogP contribution in [0.15, 0.2) is 5.38 Å². The van der Waals surface area contributed by atoms with E-state index in [1.807, 2.05) is 0 Å². The van der Waals surface area contributed by atoms with Crippen molar-refractivity contribution in [3.63, 3.8) is 0 Å². The molecular weight excluding hydrogens is 256 g/mol. The maximum Gasteiger partial charge on any atom is 0.326 e. The maximum absolute atomic E-state index is 12.3. The topological polar surface area (TPSA) is 79.7 Å². The molecule has 2 rings (SSSR count). The van der Waals surface area contributed by atoms with Crippen molar-refractivity contribution in [2.24, 2.45) is 0 Å². The molecule has 1 fully saturated rings. The van der Waals surface area contributed by atoms with Crippen LogP contribution in [-0.2, 0) is 9.53 Å². The Balaban J connectivity index is 2.23. The summed E-state index contributed by atoms with van der Waals surface area (Å²) >= 11 is 1.19. The first-order valence-corrected chi connectivity index (χ1v) is 6.35. The highest BCUT2D eigenvalue weighted by atomic mass is 32.1. The van der Waals surface area contributed by atoms with Crippen LogP contribution < -0.4 is 0 Å². The van der Waals surface area contributed by atoms with E-state index < -0.39 is 12.0 Å². The van der Waals surface area contributed by atoms with E-state index in [1.165, 1.54) is 23.5 Å². The van der Waals surface area contributed by atoms with Crippen molar-refractivity contribution < 1.29 is 19.4 Å². The fourth-order valence-electron chi connectivity index (χ4n) is 2.08. The number of nitrogens with zero attached hydrogens (tertiary/aromatic N) is 2. The average Bonchev–Trinajstić information content (AvgIpc) is 2.93. The summed E-state index contributed by atoms with van der Waals surface area (Å²) in [6.45, 7) is 2.05. The zero-order valence-electron chi connectivity index (χ0n) is 10.1. The third kappa shape index (κ3) is 2.23. The number of methoxy groups -OCH3 is 1. The fourth-order valence-corrected chi connectivity index (χ4v) is 2.77. The molecule has 1 aromatic rings. The Bertz CT molecular complexity index is 473. The van der Waals surface area contributed by atoms with Crippen LogP contribution in [0.3, 0.4) is 0 Å². The third-order valence-corrected chi connectivity index (χ3v) is 3.84. The number of aryl methyl sites for hydroxylation is 1. The van der Waals surface area contributed by atoms with Gasteiger partial charge in [0.15, 0.2) is 0 Å². The van der Waals surface area contributed by atoms with Gasteiger partial charge in [-0.3, -0.25) is 4.79 Å². The number of carboxylic acids is 1. The number of ether oxygens (including phenoxy) is 1. The van der Waals surface area contributed by atoms with Crippen molar-refractivity contribution >= 4 is 23.4 Å². The molecule has 1 saturated heterocycles. The summed E-state index contributed by atoms with van der Waals surface area (Å²) in [4.78, 5) is 24.8. The number of rotatable bonds is 3. The molecule has 0 spiro atoms. The highest BCUT2D eigenvalue weighted by molar-refractivity contribution is 7.03. The zero-order valence-corrected chi connectivity index (χ0v) is 10.9. The van der Waals surface area contributed by atoms with Crippen LogP contribution in [0.1, 0.15) is 22.5 Å². The number of carboxylic acid groups (broad SMARTS) is 1. The summed E-state index contributed by atoms with van der Waals surface area (Å²) in [6.07, 6.45) is 0.107. The number of aliphatic carboxylic acids is 1. The summed E-state index contributed by atoms with van der Waals surface area (Å²) in [5.74, 6) is -1.28. The largest absolute Gasteiger partial charge is 0.480 e. The molecule has 2 atom stereocenters. The number of carbonyl (C=O) groups excluding carboxylic acids is 1. The Kier molecular flexibility index (Phi) is 3.63. The summed E-state index contributed by atoms with van der Waals surface area (Å²) in [5, 5.41) is 10.8. The second kappa shape index (κ2) is 5.03. The third-order valence-electron chi connectivity index (χ3n) is 3.12. The molecule has 0 radical (unpaired) electrons. The summed E-state index contributed by atoms with van der Waals surface area (Å²) in [6, 6.07) is -0.818. The van der Waals surface area contributed by atoms with Gasteiger partial charge in [-0.25, -0.2) is 4.79 Å². The minimum Gasteiger partial charge on any atom is -0.480 e. The van der Waals surface area contributed by atoms with Gasteiger partial charge in [0.2, 0.25) is 0 Å². The van der Waals surface area contributed by atoms with Gasteiger partial charge in [-0.1, -0.05) is 0 Å². The van der Waals surface area contributed by atoms with E-state index >= 15 is 0 Å². The fraction of sp³-hybridized carbons (Fsp3) is 0.545. The molecule has 0 aromatic carbocycles. The molecule has 0 aliphatic carbocycles. The highest BCUT2D eigenvalue weighted by Crippen LogP contribution is 2.24. The van der Waals surface area contributed by atoms with Gasteiger partial charge in [0.1, 0.15) is 6.04 Å². The molecular formula is C11H14N2O4S. The van der Waals surface area contributed by atoms with Crippen molar-refractivity contribution in [3.8, 4) is 0 Å². The van der Waals surface area contributed by atoms with E-state index in [-0.39, 0.29) is 12.0 Å². The lowest BCUT2D eigenvalue weighted by molar-refractivity contribution is -0.141. The maximum atomic E-state index is 12.3. The Morgan fingerprint density at radius 1 is 1.61 bits per heavy atom. The molecule has 18 heavy (non-hydrogen) atoms. The van der Waals surface area contributed by atoms with Crippen LogP contribution in [0, 0.1) is 6.92 Å². The van der Waals surface area contributed by atoms with Crippen LogP contribution in [0.5, 0.6) is 0 Å². The first kappa shape index (κ1) is 13.0. The van der Waals surface area contributed by atoms with Gasteiger partial charge in [0, 0.05) is 25.5 Å². The lowest BCUT2D eigenvalue weighted by atomic mass is 10.2. The second-order valence-electron chi connectivity index (χ2n) is 4.22. The molecule has 2 unspecified atom stereocenters. The van der Waals surface area contributed by atoms with Crippen molar-refractivity contribution in [3.05, 3.63) is 16.6 Å². The number of amides is 1. The number of aromatic nitrogens is 1. The van der Waals surface area contributed by atoms with Gasteiger partial charge in [-0.15, -0.1) is 0 Å². The summed E-state index contributed by atoms with van der Waals surface area (Å²) in [7, 11) is 1.52. The summed E-state index contributed by atoms with van der Waals surface area (Å²) < 4.78 is 9.18. The molecule has 1 amide bonds. The number of likely N-dealkylation sites (tertiary alicyclic amines) is 1. The Morgan fingerprint density at radius 3 is 2.83 bits per heavy atom. The number of hydrogen-bond acceptors (Lipinski definition) is 5. The molecule has 1 aliphatic heterocycles. The van der Waals surface area contributed by atoms with Crippen molar-refractivity contribution in [2.45, 2.75) is 25.5 Å². The predicted molar refractivity (Wildman–Crippen MR) is 64.7 cm³/mol. The van der Waals surface area contributed by atoms with Crippen molar-refractivity contribution in [2.75, 3.05) is 13.7 Å². The Hall–Kier alpha value is -1.47. The molecule has 6 nitrogen and oxygen atoms in total. The molecule has 0 bridgehead atoms. The van der Waals surface area contributed by atoms with E-state index in [9.17, 15) is 9.59 Å². The predicted octanol–water partition coefficient (Wildman–Crippen LogP) is 0.766. The lowest BCUT2D eigenvalue weighted by Crippen LogP contribution is -2.40. The van der Waals surface area contributed by atoms with Gasteiger partial charge >= 0.3 is 5.97 Å². The van der Waals surface area contributed by atoms with Crippen LogP contribution in [0.4, 0.5) is 0 Å². The van der Waals surface area contributed by atoms with Crippen LogP contribution in [0.25, 0.3) is 0 Å². The molecule has 0 saturated carbocycles. The van der Waals surface area contributed by atoms with Crippen LogP contribution >= 0.6 is 11.5 Å². The monoisotopic (exact) mass is 270 g/mol. The minimum absolute atomic E-state index is 0.220. The van der Waals surface area contributed by atoms with Crippen LogP contribution in [-0.4, -0.2) is 52.1 Å². The van der Waals surface area contributed by atoms with Crippen LogP contribution in [0.2, 0.25) is 0 Å². The van der Waals surface area contributed by atoms with Gasteiger partial charge in [-0.05, 0) is 18.5 Å². The van der Waals surface area contributed by atoms with E-state index in [0.717, 1.165) is 0 Å². The Morgan fingerprint density at radius 2 is 2.33 bits per heavy atom. The van der Waals surface area contributed by atoms with Gasteiger partial charge in [0.25, 0.3) is 5.91 Å². The van der Waals surface area contributed by atoms with E-state index in [0.29, 0.717) is 24.2 Å². The molecule has 7 heteroatoms. The van der Waals surface area contributed by atoms with Gasteiger partial charge in [-0.2, -0.15) is 4.37 Å². The molecule has 1 N–H and O–H groups in total. The zero-order chi connectivity index (χ0) is 13.3. The first-order valence-electron chi connectivity index (χ1n) is 5.52. The van der Waals surface area contributed by atoms with E-state index in [4.69, 9.17) is 9.84 Å². The average molecular weight is 270 g/mol. The number of hydrogen-bond donors (Lipinski definition) is 1. The number of carbonyl (C=O) groups is 2. The summed E-state index contributed by atoms with van der Waals surface area (Å²) in [5.41, 5.74) is 1.11. The minimum atomic E-state index is -0.997. The first-order chi connectivity index (χ1) is 8.54. The second-order valence-corrected chi connectivity index (χ2v) is 4.85. The molecule has 1 aromatic heterocycles. The SMILES string of the molecule is COC1CC(C(=O)O)N(C(=O)c2csnc2C)C1. The van der Waals surface area contributed by atoms with Gasteiger partial charge < -0.3 is 14.7 Å². The quantitative estimate of drug-likeness (QED) is 0.877. The Labute approximate surface area is 108 Å². The lowest BCUT2D eigenvalue weighted by Gasteiger charge is -2.20. The van der Waals surface area contributed by atoms with E-state index in [2.05, 4.69) is 4.37 Å². The standard InChI is InChI=1S/C11H14N2O4S/c1-6-8(5-18-12-6)10(14)13-4-7(17-2)3-9(13)11(15)16/h5,7,9H,3-4H2,1-2H3,(H,15,16).